The fourth-order valence-electron chi connectivity index (χ4n) is 3.68. The van der Waals surface area contributed by atoms with Gasteiger partial charge in [0.05, 0.1) is 17.5 Å². The number of carbonyl (C=O) groups is 1. The number of amides is 1. The number of hydrogen-bond acceptors (Lipinski definition) is 4. The monoisotopic (exact) mass is 416 g/mol. The van der Waals surface area contributed by atoms with E-state index in [0.29, 0.717) is 5.16 Å². The van der Waals surface area contributed by atoms with E-state index in [1.807, 2.05) is 29.7 Å². The molecule has 6 heteroatoms. The number of hydrogen-bond donors (Lipinski definition) is 1. The van der Waals surface area contributed by atoms with E-state index in [1.165, 1.54) is 22.7 Å². The molecule has 0 aliphatic carbocycles. The van der Waals surface area contributed by atoms with Crippen LogP contribution in [0.15, 0.2) is 72.1 Å². The molecule has 0 aliphatic rings. The zero-order chi connectivity index (χ0) is 21.1. The molecular weight excluding hydrogens is 392 g/mol. The van der Waals surface area contributed by atoms with Crippen molar-refractivity contribution in [2.75, 3.05) is 5.75 Å². The largest absolute Gasteiger partial charge is 0.349 e. The Morgan fingerprint density at radius 3 is 2.73 bits per heavy atom. The van der Waals surface area contributed by atoms with Crippen LogP contribution in [0.2, 0.25) is 0 Å². The lowest BCUT2D eigenvalue weighted by Gasteiger charge is -2.16. The van der Waals surface area contributed by atoms with Crippen LogP contribution in [-0.2, 0) is 4.79 Å². The van der Waals surface area contributed by atoms with Crippen LogP contribution in [0, 0.1) is 13.8 Å². The molecule has 0 fully saturated rings. The number of benzene rings is 3. The molecular formula is C24H24N4OS. The van der Waals surface area contributed by atoms with Gasteiger partial charge in [-0.2, -0.15) is 0 Å². The van der Waals surface area contributed by atoms with Gasteiger partial charge in [0, 0.05) is 0 Å². The first kappa shape index (κ1) is 20.2. The minimum absolute atomic E-state index is 0.0318. The van der Waals surface area contributed by atoms with Crippen LogP contribution in [-0.4, -0.2) is 26.4 Å². The standard InChI is InChI=1S/C24H24N4OS/c1-16-11-12-22(17(2)13-16)28-15-25-27-24(28)30-14-23(29)26-18(3)20-10-6-8-19-7-4-5-9-21(19)20/h4-13,15,18H,14H2,1-3H3,(H,26,29). The molecule has 1 amide bonds. The summed E-state index contributed by atoms with van der Waals surface area (Å²) in [6.45, 7) is 6.15. The van der Waals surface area contributed by atoms with Gasteiger partial charge in [0.1, 0.15) is 6.33 Å². The molecule has 152 valence electrons. The Balaban J connectivity index is 1.44. The molecule has 0 spiro atoms. The molecule has 0 bridgehead atoms. The van der Waals surface area contributed by atoms with Crippen molar-refractivity contribution in [3.63, 3.8) is 0 Å². The molecule has 0 saturated carbocycles. The number of carbonyl (C=O) groups excluding carboxylic acids is 1. The maximum Gasteiger partial charge on any atom is 0.230 e. The lowest BCUT2D eigenvalue weighted by Crippen LogP contribution is -2.28. The highest BCUT2D eigenvalue weighted by molar-refractivity contribution is 7.99. The van der Waals surface area contributed by atoms with Crippen molar-refractivity contribution in [2.24, 2.45) is 0 Å². The smallest absolute Gasteiger partial charge is 0.230 e. The third-order valence-corrected chi connectivity index (χ3v) is 6.07. The van der Waals surface area contributed by atoms with Crippen LogP contribution < -0.4 is 5.32 Å². The van der Waals surface area contributed by atoms with E-state index in [2.05, 4.69) is 71.8 Å². The summed E-state index contributed by atoms with van der Waals surface area (Å²) in [5.74, 6) is 0.245. The van der Waals surface area contributed by atoms with Gasteiger partial charge in [0.2, 0.25) is 5.91 Å². The van der Waals surface area contributed by atoms with Gasteiger partial charge in [-0.15, -0.1) is 10.2 Å². The first-order valence-corrected chi connectivity index (χ1v) is 10.9. The Kier molecular flexibility index (Phi) is 5.86. The highest BCUT2D eigenvalue weighted by Gasteiger charge is 2.15. The molecule has 3 aromatic carbocycles. The fraction of sp³-hybridized carbons (Fsp3) is 0.208. The first-order valence-electron chi connectivity index (χ1n) is 9.90. The van der Waals surface area contributed by atoms with E-state index in [-0.39, 0.29) is 17.7 Å². The SMILES string of the molecule is Cc1ccc(-n2cnnc2SCC(=O)NC(C)c2cccc3ccccc23)c(C)c1. The van der Waals surface area contributed by atoms with Gasteiger partial charge in [0.25, 0.3) is 0 Å². The molecule has 1 aromatic heterocycles. The molecule has 1 N–H and O–H groups in total. The molecule has 30 heavy (non-hydrogen) atoms. The quantitative estimate of drug-likeness (QED) is 0.449. The molecule has 4 rings (SSSR count). The zero-order valence-electron chi connectivity index (χ0n) is 17.3. The van der Waals surface area contributed by atoms with Crippen molar-refractivity contribution in [3.05, 3.63) is 83.7 Å². The lowest BCUT2D eigenvalue weighted by molar-refractivity contribution is -0.119. The summed E-state index contributed by atoms with van der Waals surface area (Å²) in [5, 5.41) is 14.4. The third kappa shape index (κ3) is 4.24. The summed E-state index contributed by atoms with van der Waals surface area (Å²) >= 11 is 1.39. The summed E-state index contributed by atoms with van der Waals surface area (Å²) in [6, 6.07) is 20.6. The summed E-state index contributed by atoms with van der Waals surface area (Å²) in [7, 11) is 0. The fourth-order valence-corrected chi connectivity index (χ4v) is 4.42. The minimum atomic E-state index is -0.0820. The Bertz CT molecular complexity index is 1200. The maximum atomic E-state index is 12.6. The van der Waals surface area contributed by atoms with Crippen LogP contribution in [0.3, 0.4) is 0 Å². The predicted octanol–water partition coefficient (Wildman–Crippen LogP) is 5.01. The van der Waals surface area contributed by atoms with E-state index in [4.69, 9.17) is 0 Å². The molecule has 1 unspecified atom stereocenters. The Labute approximate surface area is 180 Å². The second kappa shape index (κ2) is 8.71. The first-order chi connectivity index (χ1) is 14.5. The van der Waals surface area contributed by atoms with E-state index >= 15 is 0 Å². The molecule has 1 heterocycles. The van der Waals surface area contributed by atoms with Crippen LogP contribution >= 0.6 is 11.8 Å². The van der Waals surface area contributed by atoms with Crippen LogP contribution in [0.1, 0.15) is 29.7 Å². The number of aromatic nitrogens is 3. The summed E-state index contributed by atoms with van der Waals surface area (Å²) in [4.78, 5) is 12.6. The minimum Gasteiger partial charge on any atom is -0.349 e. The van der Waals surface area contributed by atoms with Gasteiger partial charge in [-0.3, -0.25) is 9.36 Å². The highest BCUT2D eigenvalue weighted by Crippen LogP contribution is 2.25. The maximum absolute atomic E-state index is 12.6. The number of rotatable bonds is 6. The van der Waals surface area contributed by atoms with Crippen molar-refractivity contribution in [2.45, 2.75) is 32.0 Å². The third-order valence-electron chi connectivity index (χ3n) is 5.13. The average Bonchev–Trinajstić information content (AvgIpc) is 3.20. The van der Waals surface area contributed by atoms with E-state index in [9.17, 15) is 4.79 Å². The summed E-state index contributed by atoms with van der Waals surface area (Å²) in [6.07, 6.45) is 1.69. The predicted molar refractivity (Wildman–Crippen MR) is 122 cm³/mol. The second-order valence-corrected chi connectivity index (χ2v) is 8.36. The number of aryl methyl sites for hydroxylation is 2. The lowest BCUT2D eigenvalue weighted by atomic mass is 10.00. The second-order valence-electron chi connectivity index (χ2n) is 7.42. The highest BCUT2D eigenvalue weighted by atomic mass is 32.2. The Hall–Kier alpha value is -3.12. The van der Waals surface area contributed by atoms with E-state index in [0.717, 1.165) is 22.2 Å². The molecule has 0 radical (unpaired) electrons. The van der Waals surface area contributed by atoms with Gasteiger partial charge in [0.15, 0.2) is 5.16 Å². The van der Waals surface area contributed by atoms with Crippen LogP contribution in [0.5, 0.6) is 0 Å². The van der Waals surface area contributed by atoms with Crippen molar-refractivity contribution >= 4 is 28.4 Å². The average molecular weight is 417 g/mol. The van der Waals surface area contributed by atoms with Gasteiger partial charge >= 0.3 is 0 Å². The van der Waals surface area contributed by atoms with E-state index < -0.39 is 0 Å². The zero-order valence-corrected chi connectivity index (χ0v) is 18.1. The summed E-state index contributed by atoms with van der Waals surface area (Å²) < 4.78 is 1.93. The van der Waals surface area contributed by atoms with Crippen molar-refractivity contribution in [1.29, 1.82) is 0 Å². The molecule has 0 aliphatic heterocycles. The van der Waals surface area contributed by atoms with Crippen molar-refractivity contribution in [1.82, 2.24) is 20.1 Å². The Morgan fingerprint density at radius 2 is 1.90 bits per heavy atom. The molecule has 5 nitrogen and oxygen atoms in total. The Morgan fingerprint density at radius 1 is 1.10 bits per heavy atom. The number of thioether (sulfide) groups is 1. The number of nitrogens with zero attached hydrogens (tertiary/aromatic N) is 3. The number of nitrogens with one attached hydrogen (secondary N) is 1. The normalized spacial score (nSPS) is 12.1. The molecule has 4 aromatic rings. The molecule has 0 saturated heterocycles. The number of fused-ring (bicyclic) bond motifs is 1. The van der Waals surface area contributed by atoms with Crippen LogP contribution in [0.25, 0.3) is 16.5 Å². The molecule has 1 atom stereocenters. The van der Waals surface area contributed by atoms with Crippen molar-refractivity contribution in [3.8, 4) is 5.69 Å². The van der Waals surface area contributed by atoms with Gasteiger partial charge in [-0.05, 0) is 48.7 Å². The van der Waals surface area contributed by atoms with Gasteiger partial charge in [-0.1, -0.05) is 71.9 Å². The van der Waals surface area contributed by atoms with E-state index in [1.54, 1.807) is 6.33 Å². The van der Waals surface area contributed by atoms with Crippen LogP contribution in [0.4, 0.5) is 0 Å². The van der Waals surface area contributed by atoms with Gasteiger partial charge in [-0.25, -0.2) is 0 Å². The topological polar surface area (TPSA) is 59.8 Å². The van der Waals surface area contributed by atoms with Crippen molar-refractivity contribution < 1.29 is 4.79 Å². The summed E-state index contributed by atoms with van der Waals surface area (Å²) in [5.41, 5.74) is 4.49. The van der Waals surface area contributed by atoms with Gasteiger partial charge < -0.3 is 5.32 Å².